The first-order valence-corrected chi connectivity index (χ1v) is 12.3. The van der Waals surface area contributed by atoms with Crippen molar-refractivity contribution in [2.75, 3.05) is 18.5 Å². The maximum absolute atomic E-state index is 13.1. The predicted octanol–water partition coefficient (Wildman–Crippen LogP) is 4.56. The second kappa shape index (κ2) is 10.0. The van der Waals surface area contributed by atoms with E-state index in [0.29, 0.717) is 22.9 Å². The largest absolute Gasteiger partial charge is 0.481 e. The lowest BCUT2D eigenvalue weighted by atomic mass is 9.95. The van der Waals surface area contributed by atoms with Gasteiger partial charge in [-0.1, -0.05) is 12.1 Å². The Kier molecular flexibility index (Phi) is 7.16. The normalized spacial score (nSPS) is 18.7. The summed E-state index contributed by atoms with van der Waals surface area (Å²) in [5.41, 5.74) is 3.85. The third kappa shape index (κ3) is 4.99. The second-order valence-corrected chi connectivity index (χ2v) is 9.81. The zero-order valence-electron chi connectivity index (χ0n) is 19.1. The summed E-state index contributed by atoms with van der Waals surface area (Å²) in [4.78, 5) is 27.3. The van der Waals surface area contributed by atoms with Crippen LogP contribution in [-0.4, -0.2) is 37.2 Å². The van der Waals surface area contributed by atoms with Crippen molar-refractivity contribution in [2.45, 2.75) is 71.5 Å². The standard InChI is InChI=1S/C25H32N2O4S/c1-15-8-6-11-20(16(15)2)31-17(3)23(28)27-25-22(19-10-4-5-12-21(19)32-25)24(29)26-14-18-9-7-13-30-18/h6,8,11,17-18H,4-5,7,9-10,12-14H2,1-3H3,(H,26,29)(H,27,28)/t17-,18-/m0/s1. The lowest BCUT2D eigenvalue weighted by Gasteiger charge is -2.18. The predicted molar refractivity (Wildman–Crippen MR) is 127 cm³/mol. The molecule has 7 heteroatoms. The molecule has 2 N–H and O–H groups in total. The first-order chi connectivity index (χ1) is 15.4. The summed E-state index contributed by atoms with van der Waals surface area (Å²) in [6.07, 6.45) is 5.41. The van der Waals surface area contributed by atoms with Crippen molar-refractivity contribution in [1.82, 2.24) is 5.32 Å². The average molecular weight is 457 g/mol. The van der Waals surface area contributed by atoms with Crippen molar-refractivity contribution in [3.63, 3.8) is 0 Å². The van der Waals surface area contributed by atoms with Crippen LogP contribution >= 0.6 is 11.3 Å². The van der Waals surface area contributed by atoms with E-state index in [9.17, 15) is 9.59 Å². The number of benzene rings is 1. The van der Waals surface area contributed by atoms with Crippen LogP contribution in [0.1, 0.15) is 64.5 Å². The number of hydrogen-bond donors (Lipinski definition) is 2. The number of fused-ring (bicyclic) bond motifs is 1. The quantitative estimate of drug-likeness (QED) is 0.640. The molecule has 6 nitrogen and oxygen atoms in total. The minimum absolute atomic E-state index is 0.0810. The van der Waals surface area contributed by atoms with E-state index < -0.39 is 6.10 Å². The lowest BCUT2D eigenvalue weighted by molar-refractivity contribution is -0.122. The summed E-state index contributed by atoms with van der Waals surface area (Å²) in [6.45, 7) is 7.00. The number of amides is 2. The first kappa shape index (κ1) is 22.8. The molecule has 1 aliphatic heterocycles. The molecule has 0 spiro atoms. The van der Waals surface area contributed by atoms with E-state index in [-0.39, 0.29) is 17.9 Å². The van der Waals surface area contributed by atoms with Crippen molar-refractivity contribution >= 4 is 28.2 Å². The van der Waals surface area contributed by atoms with Gasteiger partial charge in [0.25, 0.3) is 11.8 Å². The Bertz CT molecular complexity index is 994. The van der Waals surface area contributed by atoms with E-state index in [1.807, 2.05) is 32.0 Å². The molecule has 172 valence electrons. The third-order valence-electron chi connectivity index (χ3n) is 6.38. The van der Waals surface area contributed by atoms with Crippen LogP contribution in [-0.2, 0) is 22.4 Å². The molecule has 0 saturated carbocycles. The van der Waals surface area contributed by atoms with Crippen molar-refractivity contribution in [3.8, 4) is 5.75 Å². The number of hydrogen-bond acceptors (Lipinski definition) is 5. The number of nitrogens with one attached hydrogen (secondary N) is 2. The molecule has 1 aliphatic carbocycles. The van der Waals surface area contributed by atoms with E-state index in [0.717, 1.165) is 61.8 Å². The van der Waals surface area contributed by atoms with Gasteiger partial charge in [0.05, 0.1) is 11.7 Å². The van der Waals surface area contributed by atoms with E-state index in [4.69, 9.17) is 9.47 Å². The average Bonchev–Trinajstić information content (AvgIpc) is 3.42. The molecule has 1 aromatic heterocycles. The fraction of sp³-hybridized carbons (Fsp3) is 0.520. The summed E-state index contributed by atoms with van der Waals surface area (Å²) in [7, 11) is 0. The van der Waals surface area contributed by atoms with Gasteiger partial charge in [0.1, 0.15) is 10.8 Å². The highest BCUT2D eigenvalue weighted by molar-refractivity contribution is 7.17. The van der Waals surface area contributed by atoms with Crippen LogP contribution in [0, 0.1) is 13.8 Å². The van der Waals surface area contributed by atoms with Crippen LogP contribution in [0.2, 0.25) is 0 Å². The van der Waals surface area contributed by atoms with Gasteiger partial charge in [-0.15, -0.1) is 11.3 Å². The summed E-state index contributed by atoms with van der Waals surface area (Å²) in [5.74, 6) is 0.323. The lowest BCUT2D eigenvalue weighted by Crippen LogP contribution is -2.34. The van der Waals surface area contributed by atoms with Crippen LogP contribution in [0.25, 0.3) is 0 Å². The van der Waals surface area contributed by atoms with Gasteiger partial charge < -0.3 is 20.1 Å². The van der Waals surface area contributed by atoms with E-state index >= 15 is 0 Å². The van der Waals surface area contributed by atoms with Gasteiger partial charge in [-0.05, 0) is 82.1 Å². The molecule has 0 radical (unpaired) electrons. The number of anilines is 1. The minimum atomic E-state index is -0.683. The van der Waals surface area contributed by atoms with Gasteiger partial charge in [-0.3, -0.25) is 9.59 Å². The van der Waals surface area contributed by atoms with Crippen LogP contribution in [0.5, 0.6) is 5.75 Å². The molecule has 1 fully saturated rings. The molecule has 2 amide bonds. The molecule has 2 aromatic rings. The second-order valence-electron chi connectivity index (χ2n) is 8.71. The van der Waals surface area contributed by atoms with Gasteiger partial charge in [0, 0.05) is 18.0 Å². The Morgan fingerprint density at radius 1 is 1.22 bits per heavy atom. The zero-order chi connectivity index (χ0) is 22.7. The van der Waals surface area contributed by atoms with Crippen molar-refractivity contribution in [1.29, 1.82) is 0 Å². The molecule has 32 heavy (non-hydrogen) atoms. The number of ether oxygens (including phenoxy) is 2. The fourth-order valence-corrected chi connectivity index (χ4v) is 5.59. The maximum atomic E-state index is 13.1. The van der Waals surface area contributed by atoms with Gasteiger partial charge in [-0.2, -0.15) is 0 Å². The zero-order valence-corrected chi connectivity index (χ0v) is 19.9. The molecule has 1 aromatic carbocycles. The van der Waals surface area contributed by atoms with Crippen LogP contribution in [0.15, 0.2) is 18.2 Å². The maximum Gasteiger partial charge on any atom is 0.265 e. The van der Waals surface area contributed by atoms with Crippen molar-refractivity contribution in [3.05, 3.63) is 45.3 Å². The van der Waals surface area contributed by atoms with Crippen molar-refractivity contribution in [2.24, 2.45) is 0 Å². The number of carbonyl (C=O) groups excluding carboxylic acids is 2. The smallest absolute Gasteiger partial charge is 0.265 e. The molecule has 1 saturated heterocycles. The topological polar surface area (TPSA) is 76.7 Å². The van der Waals surface area contributed by atoms with Gasteiger partial charge >= 0.3 is 0 Å². The number of carbonyl (C=O) groups is 2. The van der Waals surface area contributed by atoms with E-state index in [1.54, 1.807) is 6.92 Å². The van der Waals surface area contributed by atoms with Gasteiger partial charge in [0.2, 0.25) is 0 Å². The monoisotopic (exact) mass is 456 g/mol. The SMILES string of the molecule is Cc1cccc(O[C@@H](C)C(=O)Nc2sc3c(c2C(=O)NC[C@@H]2CCCO2)CCCC3)c1C. The number of thiophene rings is 1. The third-order valence-corrected chi connectivity index (χ3v) is 7.58. The molecular formula is C25H32N2O4S. The van der Waals surface area contributed by atoms with Crippen LogP contribution in [0.4, 0.5) is 5.00 Å². The molecule has 4 rings (SSSR count). The Labute approximate surface area is 193 Å². The van der Waals surface area contributed by atoms with E-state index in [1.165, 1.54) is 16.2 Å². The molecule has 0 bridgehead atoms. The van der Waals surface area contributed by atoms with Gasteiger partial charge in [-0.25, -0.2) is 0 Å². The Hall–Kier alpha value is -2.38. The van der Waals surface area contributed by atoms with E-state index in [2.05, 4.69) is 10.6 Å². The highest BCUT2D eigenvalue weighted by Crippen LogP contribution is 2.38. The Morgan fingerprint density at radius 3 is 2.81 bits per heavy atom. The van der Waals surface area contributed by atoms with Crippen LogP contribution in [0.3, 0.4) is 0 Å². The number of rotatable bonds is 7. The Morgan fingerprint density at radius 2 is 2.03 bits per heavy atom. The molecule has 2 atom stereocenters. The summed E-state index contributed by atoms with van der Waals surface area (Å²) in [6, 6.07) is 5.82. The summed E-state index contributed by atoms with van der Waals surface area (Å²) < 4.78 is 11.6. The Balaban J connectivity index is 1.49. The molecular weight excluding hydrogens is 424 g/mol. The minimum Gasteiger partial charge on any atom is -0.481 e. The molecule has 0 unspecified atom stereocenters. The number of aryl methyl sites for hydroxylation is 2. The summed E-state index contributed by atoms with van der Waals surface area (Å²) >= 11 is 1.53. The fourth-order valence-electron chi connectivity index (χ4n) is 4.30. The highest BCUT2D eigenvalue weighted by Gasteiger charge is 2.28. The van der Waals surface area contributed by atoms with Gasteiger partial charge in [0.15, 0.2) is 6.10 Å². The summed E-state index contributed by atoms with van der Waals surface area (Å²) in [5, 5.41) is 6.65. The van der Waals surface area contributed by atoms with Crippen molar-refractivity contribution < 1.29 is 19.1 Å². The molecule has 2 heterocycles. The van der Waals surface area contributed by atoms with Crippen LogP contribution < -0.4 is 15.4 Å². The first-order valence-electron chi connectivity index (χ1n) is 11.5. The molecule has 2 aliphatic rings. The highest BCUT2D eigenvalue weighted by atomic mass is 32.1.